The number of fused-ring (bicyclic) bond motifs is 1. The highest BCUT2D eigenvalue weighted by Crippen LogP contribution is 2.32. The van der Waals surface area contributed by atoms with Crippen LogP contribution in [0.25, 0.3) is 34.4 Å². The van der Waals surface area contributed by atoms with Gasteiger partial charge in [-0.1, -0.05) is 41.9 Å². The van der Waals surface area contributed by atoms with Crippen LogP contribution < -0.4 is 0 Å². The molecule has 0 amide bonds. The lowest BCUT2D eigenvalue weighted by Gasteiger charge is -2.08. The zero-order valence-electron chi connectivity index (χ0n) is 14.9. The number of benzene rings is 1. The minimum atomic E-state index is 0.481. The first-order valence-corrected chi connectivity index (χ1v) is 9.29. The Kier molecular flexibility index (Phi) is 4.01. The largest absolute Gasteiger partial charge is 0.332 e. The lowest BCUT2D eigenvalue weighted by Crippen LogP contribution is -2.02. The summed E-state index contributed by atoms with van der Waals surface area (Å²) in [4.78, 5) is 13.6. The van der Waals surface area contributed by atoms with Crippen LogP contribution in [0.5, 0.6) is 0 Å². The van der Waals surface area contributed by atoms with Crippen molar-refractivity contribution in [2.24, 2.45) is 0 Å². The average molecular weight is 357 g/mol. The Labute approximate surface area is 156 Å². The molecule has 27 heavy (non-hydrogen) atoms. The maximum absolute atomic E-state index is 5.60. The van der Waals surface area contributed by atoms with E-state index in [1.54, 1.807) is 12.4 Å². The first-order valence-electron chi connectivity index (χ1n) is 9.29. The highest BCUT2D eigenvalue weighted by Gasteiger charge is 2.24. The lowest BCUT2D eigenvalue weighted by atomic mass is 10.1. The molecular weight excluding hydrogens is 338 g/mol. The van der Waals surface area contributed by atoms with Crippen molar-refractivity contribution in [3.8, 4) is 34.4 Å². The molecule has 4 aromatic rings. The molecule has 0 saturated heterocycles. The zero-order chi connectivity index (χ0) is 18.1. The third-order valence-corrected chi connectivity index (χ3v) is 4.97. The zero-order valence-corrected chi connectivity index (χ0v) is 14.9. The first-order chi connectivity index (χ1) is 13.4. The summed E-state index contributed by atoms with van der Waals surface area (Å²) in [5.41, 5.74) is 3.99. The van der Waals surface area contributed by atoms with Gasteiger partial charge in [-0.15, -0.1) is 0 Å². The molecule has 0 aliphatic carbocycles. The highest BCUT2D eigenvalue weighted by molar-refractivity contribution is 5.65. The smallest absolute Gasteiger partial charge is 0.278 e. The van der Waals surface area contributed by atoms with Gasteiger partial charge in [-0.25, -0.2) is 4.98 Å². The fourth-order valence-electron chi connectivity index (χ4n) is 3.64. The van der Waals surface area contributed by atoms with Crippen molar-refractivity contribution in [3.63, 3.8) is 0 Å². The standard InChI is InChI=1S/C21H19N5O/c1-3-7-16(8-4-1)20-23-18(17-9-5-2-6-14-26(17)20)21-24-19(25-27-21)15-10-12-22-13-11-15/h1,3-4,7-8,10-13H,2,5-6,9,14H2. The predicted octanol–water partition coefficient (Wildman–Crippen LogP) is 4.39. The van der Waals surface area contributed by atoms with Crippen LogP contribution in [-0.2, 0) is 13.0 Å². The molecule has 0 bridgehead atoms. The average Bonchev–Trinajstić information content (AvgIpc) is 3.28. The SMILES string of the molecule is c1ccc(-c2nc(-c3nc(-c4ccncc4)no3)c3n2CCCCC3)cc1. The van der Waals surface area contributed by atoms with E-state index in [2.05, 4.69) is 31.8 Å². The second-order valence-corrected chi connectivity index (χ2v) is 6.72. The molecule has 1 aliphatic heterocycles. The van der Waals surface area contributed by atoms with Gasteiger partial charge in [0.2, 0.25) is 5.82 Å². The number of hydrogen-bond donors (Lipinski definition) is 0. The summed E-state index contributed by atoms with van der Waals surface area (Å²) in [5.74, 6) is 2.02. The predicted molar refractivity (Wildman–Crippen MR) is 102 cm³/mol. The number of aromatic nitrogens is 5. The molecule has 4 heterocycles. The fraction of sp³-hybridized carbons (Fsp3) is 0.238. The molecule has 0 saturated carbocycles. The Morgan fingerprint density at radius 3 is 2.56 bits per heavy atom. The van der Waals surface area contributed by atoms with Crippen LogP contribution in [0.15, 0.2) is 59.4 Å². The van der Waals surface area contributed by atoms with Gasteiger partial charge >= 0.3 is 0 Å². The number of hydrogen-bond acceptors (Lipinski definition) is 5. The van der Waals surface area contributed by atoms with Crippen LogP contribution in [0.4, 0.5) is 0 Å². The summed E-state index contributed by atoms with van der Waals surface area (Å²) in [6.45, 7) is 0.970. The third kappa shape index (κ3) is 2.93. The maximum Gasteiger partial charge on any atom is 0.278 e. The molecule has 6 nitrogen and oxygen atoms in total. The Hall–Kier alpha value is -3.28. The third-order valence-electron chi connectivity index (χ3n) is 4.97. The van der Waals surface area contributed by atoms with E-state index in [1.165, 1.54) is 12.1 Å². The van der Waals surface area contributed by atoms with Crippen LogP contribution >= 0.6 is 0 Å². The molecule has 0 fully saturated rings. The summed E-state index contributed by atoms with van der Waals surface area (Å²) in [6.07, 6.45) is 7.96. The van der Waals surface area contributed by atoms with Gasteiger partial charge in [-0.3, -0.25) is 4.98 Å². The second kappa shape index (κ2) is 6.79. The van der Waals surface area contributed by atoms with Crippen molar-refractivity contribution in [3.05, 3.63) is 60.6 Å². The van der Waals surface area contributed by atoms with Crippen molar-refractivity contribution in [1.29, 1.82) is 0 Å². The van der Waals surface area contributed by atoms with Gasteiger partial charge in [0.25, 0.3) is 5.89 Å². The Balaban J connectivity index is 1.63. The molecule has 0 spiro atoms. The normalized spacial score (nSPS) is 13.9. The van der Waals surface area contributed by atoms with E-state index in [9.17, 15) is 0 Å². The van der Waals surface area contributed by atoms with Gasteiger partial charge < -0.3 is 9.09 Å². The van der Waals surface area contributed by atoms with Gasteiger partial charge in [0.05, 0.1) is 5.69 Å². The molecule has 0 radical (unpaired) electrons. The van der Waals surface area contributed by atoms with Crippen LogP contribution in [0.2, 0.25) is 0 Å². The van der Waals surface area contributed by atoms with Crippen LogP contribution in [-0.4, -0.2) is 24.7 Å². The molecular formula is C21H19N5O. The minimum absolute atomic E-state index is 0.481. The lowest BCUT2D eigenvalue weighted by molar-refractivity contribution is 0.430. The molecule has 0 atom stereocenters. The maximum atomic E-state index is 5.60. The topological polar surface area (TPSA) is 69.6 Å². The molecule has 0 N–H and O–H groups in total. The van der Waals surface area contributed by atoms with Gasteiger partial charge in [0.15, 0.2) is 5.69 Å². The fourth-order valence-corrected chi connectivity index (χ4v) is 3.64. The van der Waals surface area contributed by atoms with Crippen molar-refractivity contribution in [2.75, 3.05) is 0 Å². The van der Waals surface area contributed by atoms with E-state index in [1.807, 2.05) is 30.3 Å². The number of pyridine rings is 1. The Morgan fingerprint density at radius 1 is 0.852 bits per heavy atom. The van der Waals surface area contributed by atoms with Gasteiger partial charge in [-0.05, 0) is 31.4 Å². The van der Waals surface area contributed by atoms with E-state index in [-0.39, 0.29) is 0 Å². The molecule has 1 aliphatic rings. The number of imidazole rings is 1. The quantitative estimate of drug-likeness (QED) is 0.544. The van der Waals surface area contributed by atoms with Gasteiger partial charge in [0.1, 0.15) is 5.82 Å². The Bertz CT molecular complexity index is 1050. The molecule has 6 heteroatoms. The number of rotatable bonds is 3. The summed E-state index contributed by atoms with van der Waals surface area (Å²) in [5, 5.41) is 4.15. The van der Waals surface area contributed by atoms with Crippen molar-refractivity contribution in [1.82, 2.24) is 24.7 Å². The highest BCUT2D eigenvalue weighted by atomic mass is 16.5. The van der Waals surface area contributed by atoms with Crippen molar-refractivity contribution >= 4 is 0 Å². The summed E-state index contributed by atoms with van der Waals surface area (Å²) in [7, 11) is 0. The van der Waals surface area contributed by atoms with E-state index >= 15 is 0 Å². The van der Waals surface area contributed by atoms with E-state index in [0.29, 0.717) is 11.7 Å². The van der Waals surface area contributed by atoms with Crippen molar-refractivity contribution in [2.45, 2.75) is 32.2 Å². The van der Waals surface area contributed by atoms with Crippen LogP contribution in [0.1, 0.15) is 25.0 Å². The van der Waals surface area contributed by atoms with Gasteiger partial charge in [0, 0.05) is 30.1 Å². The van der Waals surface area contributed by atoms with Gasteiger partial charge in [-0.2, -0.15) is 4.98 Å². The first kappa shape index (κ1) is 15.9. The molecule has 5 rings (SSSR count). The Morgan fingerprint density at radius 2 is 1.70 bits per heavy atom. The summed E-state index contributed by atoms with van der Waals surface area (Å²) >= 11 is 0. The number of nitrogens with zero attached hydrogens (tertiary/aromatic N) is 5. The summed E-state index contributed by atoms with van der Waals surface area (Å²) in [6, 6.07) is 14.1. The van der Waals surface area contributed by atoms with Crippen LogP contribution in [0.3, 0.4) is 0 Å². The monoisotopic (exact) mass is 357 g/mol. The molecule has 134 valence electrons. The van der Waals surface area contributed by atoms with Crippen LogP contribution in [0, 0.1) is 0 Å². The van der Waals surface area contributed by atoms with E-state index in [0.717, 1.165) is 48.5 Å². The van der Waals surface area contributed by atoms with E-state index in [4.69, 9.17) is 9.51 Å². The molecule has 3 aromatic heterocycles. The molecule has 1 aromatic carbocycles. The van der Waals surface area contributed by atoms with Crippen molar-refractivity contribution < 1.29 is 4.52 Å². The molecule has 0 unspecified atom stereocenters. The second-order valence-electron chi connectivity index (χ2n) is 6.72. The summed E-state index contributed by atoms with van der Waals surface area (Å²) < 4.78 is 7.93. The van der Waals surface area contributed by atoms with E-state index < -0.39 is 0 Å². The minimum Gasteiger partial charge on any atom is -0.332 e.